The molecule has 1 aliphatic rings. The third-order valence-corrected chi connectivity index (χ3v) is 4.84. The zero-order valence-electron chi connectivity index (χ0n) is 16.5. The van der Waals surface area contributed by atoms with E-state index in [1.54, 1.807) is 49.6 Å². The number of hydrogen-bond acceptors (Lipinski definition) is 6. The van der Waals surface area contributed by atoms with Crippen molar-refractivity contribution in [3.8, 4) is 11.5 Å². The normalized spacial score (nSPS) is 15.6. The van der Waals surface area contributed by atoms with E-state index in [9.17, 15) is 14.4 Å². The van der Waals surface area contributed by atoms with Crippen molar-refractivity contribution in [2.75, 3.05) is 37.6 Å². The van der Waals surface area contributed by atoms with Crippen molar-refractivity contribution in [3.63, 3.8) is 0 Å². The van der Waals surface area contributed by atoms with Crippen LogP contribution < -0.4 is 19.7 Å². The number of nitrogens with zero attached hydrogens (tertiary/aromatic N) is 1. The summed E-state index contributed by atoms with van der Waals surface area (Å²) in [5, 5.41) is 3.07. The molecule has 9 heteroatoms. The van der Waals surface area contributed by atoms with Gasteiger partial charge in [0, 0.05) is 23.7 Å². The number of methoxy groups -OCH3 is 2. The van der Waals surface area contributed by atoms with Crippen LogP contribution in [0.4, 0.5) is 11.4 Å². The van der Waals surface area contributed by atoms with Gasteiger partial charge in [0.1, 0.15) is 11.5 Å². The molecule has 1 atom stereocenters. The lowest BCUT2D eigenvalue weighted by Crippen LogP contribution is -2.28. The van der Waals surface area contributed by atoms with Gasteiger partial charge in [-0.2, -0.15) is 0 Å². The van der Waals surface area contributed by atoms with Gasteiger partial charge in [0.05, 0.1) is 25.8 Å². The van der Waals surface area contributed by atoms with E-state index in [-0.39, 0.29) is 18.9 Å². The minimum absolute atomic E-state index is 0.0192. The fraction of sp³-hybridized carbons (Fsp3) is 0.286. The van der Waals surface area contributed by atoms with Gasteiger partial charge in [-0.05, 0) is 42.5 Å². The van der Waals surface area contributed by atoms with Crippen LogP contribution in [0.2, 0.25) is 5.02 Å². The van der Waals surface area contributed by atoms with Gasteiger partial charge < -0.3 is 24.4 Å². The summed E-state index contributed by atoms with van der Waals surface area (Å²) in [6.45, 7) is -0.329. The van der Waals surface area contributed by atoms with Gasteiger partial charge in [-0.3, -0.25) is 14.4 Å². The number of nitrogens with one attached hydrogen (secondary N) is 1. The lowest BCUT2D eigenvalue weighted by atomic mass is 10.1. The maximum absolute atomic E-state index is 12.4. The number of rotatable bonds is 7. The van der Waals surface area contributed by atoms with Crippen LogP contribution >= 0.6 is 11.6 Å². The van der Waals surface area contributed by atoms with E-state index in [1.807, 2.05) is 0 Å². The Morgan fingerprint density at radius 3 is 2.53 bits per heavy atom. The Labute approximate surface area is 178 Å². The maximum atomic E-state index is 12.4. The molecule has 1 saturated heterocycles. The summed E-state index contributed by atoms with van der Waals surface area (Å²) < 4.78 is 15.4. The molecule has 0 spiro atoms. The fourth-order valence-electron chi connectivity index (χ4n) is 3.10. The highest BCUT2D eigenvalue weighted by Gasteiger charge is 2.37. The van der Waals surface area contributed by atoms with Crippen molar-refractivity contribution in [2.24, 2.45) is 5.92 Å². The molecule has 0 unspecified atom stereocenters. The number of carbonyl (C=O) groups is 3. The zero-order valence-corrected chi connectivity index (χ0v) is 17.3. The highest BCUT2D eigenvalue weighted by molar-refractivity contribution is 6.31. The predicted octanol–water partition coefficient (Wildman–Crippen LogP) is 2.89. The van der Waals surface area contributed by atoms with E-state index in [4.69, 9.17) is 25.8 Å². The average molecular weight is 433 g/mol. The molecule has 0 radical (unpaired) electrons. The smallest absolute Gasteiger partial charge is 0.311 e. The minimum atomic E-state index is -0.685. The quantitative estimate of drug-likeness (QED) is 0.676. The Balaban J connectivity index is 1.55. The van der Waals surface area contributed by atoms with E-state index < -0.39 is 24.4 Å². The molecule has 1 aliphatic heterocycles. The molecule has 3 rings (SSSR count). The lowest BCUT2D eigenvalue weighted by molar-refractivity contribution is -0.151. The Morgan fingerprint density at radius 2 is 1.87 bits per heavy atom. The molecule has 2 aromatic rings. The molecule has 2 aromatic carbocycles. The van der Waals surface area contributed by atoms with Crippen LogP contribution in [0.1, 0.15) is 6.42 Å². The van der Waals surface area contributed by atoms with Gasteiger partial charge in [-0.15, -0.1) is 0 Å². The van der Waals surface area contributed by atoms with Gasteiger partial charge >= 0.3 is 5.97 Å². The molecule has 0 aliphatic carbocycles. The molecule has 1 N–H and O–H groups in total. The molecule has 2 amide bonds. The Morgan fingerprint density at radius 1 is 1.13 bits per heavy atom. The second kappa shape index (κ2) is 9.49. The summed E-state index contributed by atoms with van der Waals surface area (Å²) in [7, 11) is 3.03. The number of benzene rings is 2. The van der Waals surface area contributed by atoms with Crippen LogP contribution in [0.15, 0.2) is 42.5 Å². The first kappa shape index (κ1) is 21.4. The molecule has 0 saturated carbocycles. The van der Waals surface area contributed by atoms with Crippen LogP contribution in [0.25, 0.3) is 0 Å². The molecule has 1 heterocycles. The summed E-state index contributed by atoms with van der Waals surface area (Å²) in [6, 6.07) is 11.6. The van der Waals surface area contributed by atoms with Crippen molar-refractivity contribution in [3.05, 3.63) is 47.5 Å². The molecular weight excluding hydrogens is 412 g/mol. The van der Waals surface area contributed by atoms with E-state index in [0.717, 1.165) is 0 Å². The van der Waals surface area contributed by atoms with Crippen LogP contribution in [0.3, 0.4) is 0 Å². The minimum Gasteiger partial charge on any atom is -0.497 e. The number of amides is 2. The number of esters is 1. The van der Waals surface area contributed by atoms with E-state index in [0.29, 0.717) is 27.9 Å². The summed E-state index contributed by atoms with van der Waals surface area (Å²) in [6.07, 6.45) is -0.0192. The summed E-state index contributed by atoms with van der Waals surface area (Å²) in [5.41, 5.74) is 1.04. The summed E-state index contributed by atoms with van der Waals surface area (Å²) in [5.74, 6) is -0.898. The standard InChI is InChI=1S/C21H21ClN2O6/c1-28-16-6-4-15(5-7-16)23-19(25)12-30-21(27)13-9-20(26)24(11-13)17-10-14(22)3-8-18(17)29-2/h3-8,10,13H,9,11-12H2,1-2H3,(H,23,25)/t13-/m0/s1. The van der Waals surface area contributed by atoms with Crippen molar-refractivity contribution >= 4 is 40.8 Å². The van der Waals surface area contributed by atoms with Gasteiger partial charge in [-0.1, -0.05) is 11.6 Å². The van der Waals surface area contributed by atoms with Crippen LogP contribution in [0, 0.1) is 5.92 Å². The third kappa shape index (κ3) is 5.01. The number of anilines is 2. The maximum Gasteiger partial charge on any atom is 0.311 e. The highest BCUT2D eigenvalue weighted by atomic mass is 35.5. The molecule has 0 bridgehead atoms. The Bertz CT molecular complexity index is 947. The van der Waals surface area contributed by atoms with Gasteiger partial charge in [0.2, 0.25) is 5.91 Å². The first-order chi connectivity index (χ1) is 14.4. The van der Waals surface area contributed by atoms with Crippen LogP contribution in [-0.2, 0) is 19.1 Å². The second-order valence-corrected chi connectivity index (χ2v) is 7.04. The molecule has 8 nitrogen and oxygen atoms in total. The second-order valence-electron chi connectivity index (χ2n) is 6.61. The largest absolute Gasteiger partial charge is 0.497 e. The third-order valence-electron chi connectivity index (χ3n) is 4.61. The molecule has 158 valence electrons. The van der Waals surface area contributed by atoms with Gasteiger partial charge in [-0.25, -0.2) is 0 Å². The topological polar surface area (TPSA) is 94.2 Å². The molecule has 30 heavy (non-hydrogen) atoms. The summed E-state index contributed by atoms with van der Waals surface area (Å²) >= 11 is 6.03. The van der Waals surface area contributed by atoms with E-state index in [2.05, 4.69) is 5.32 Å². The van der Waals surface area contributed by atoms with E-state index >= 15 is 0 Å². The predicted molar refractivity (Wildman–Crippen MR) is 111 cm³/mol. The van der Waals surface area contributed by atoms with Crippen molar-refractivity contribution < 1.29 is 28.6 Å². The Hall–Kier alpha value is -3.26. The molecular formula is C21H21ClN2O6. The molecule has 0 aromatic heterocycles. The first-order valence-electron chi connectivity index (χ1n) is 9.15. The number of halogens is 1. The van der Waals surface area contributed by atoms with Crippen molar-refractivity contribution in [1.29, 1.82) is 0 Å². The first-order valence-corrected chi connectivity index (χ1v) is 9.53. The Kier molecular flexibility index (Phi) is 6.79. The average Bonchev–Trinajstić information content (AvgIpc) is 3.14. The fourth-order valence-corrected chi connectivity index (χ4v) is 3.26. The van der Waals surface area contributed by atoms with Crippen molar-refractivity contribution in [2.45, 2.75) is 6.42 Å². The lowest BCUT2D eigenvalue weighted by Gasteiger charge is -2.19. The van der Waals surface area contributed by atoms with Crippen LogP contribution in [0.5, 0.6) is 11.5 Å². The summed E-state index contributed by atoms with van der Waals surface area (Å²) in [4.78, 5) is 38.3. The van der Waals surface area contributed by atoms with Gasteiger partial charge in [0.15, 0.2) is 6.61 Å². The number of hydrogen-bond donors (Lipinski definition) is 1. The van der Waals surface area contributed by atoms with E-state index in [1.165, 1.54) is 12.0 Å². The van der Waals surface area contributed by atoms with Gasteiger partial charge in [0.25, 0.3) is 5.91 Å². The van der Waals surface area contributed by atoms with Crippen molar-refractivity contribution in [1.82, 2.24) is 0 Å². The number of ether oxygens (including phenoxy) is 3. The molecule has 1 fully saturated rings. The number of carbonyl (C=O) groups excluding carboxylic acids is 3. The zero-order chi connectivity index (χ0) is 21.7. The highest BCUT2D eigenvalue weighted by Crippen LogP contribution is 2.35. The SMILES string of the molecule is COc1ccc(NC(=O)COC(=O)[C@H]2CC(=O)N(c3cc(Cl)ccc3OC)C2)cc1. The van der Waals surface area contributed by atoms with Crippen LogP contribution in [-0.4, -0.2) is 45.2 Å². The monoisotopic (exact) mass is 432 g/mol.